The number of hydrogen-bond donors (Lipinski definition) is 1. The summed E-state index contributed by atoms with van der Waals surface area (Å²) in [7, 11) is 1.60. The van der Waals surface area contributed by atoms with E-state index in [1.54, 1.807) is 31.4 Å². The Morgan fingerprint density at radius 2 is 2.00 bits per heavy atom. The van der Waals surface area contributed by atoms with Gasteiger partial charge in [0.25, 0.3) is 5.91 Å². The minimum atomic E-state index is -0.289. The highest BCUT2D eigenvalue weighted by atomic mass is 35.5. The molecule has 3 rings (SSSR count). The molecule has 1 atom stereocenters. The van der Waals surface area contributed by atoms with E-state index in [4.69, 9.17) is 20.8 Å². The van der Waals surface area contributed by atoms with E-state index in [1.165, 1.54) is 0 Å². The topological polar surface area (TPSA) is 51.5 Å². The SMILES string of the molecule is COC[C@@H](NC(=O)c1cc2cc(Cl)ccc2o1)c1ccccc1. The van der Waals surface area contributed by atoms with Crippen molar-refractivity contribution in [3.05, 3.63) is 70.9 Å². The van der Waals surface area contributed by atoms with E-state index in [2.05, 4.69) is 5.32 Å². The Morgan fingerprint density at radius 1 is 1.22 bits per heavy atom. The number of rotatable bonds is 5. The van der Waals surface area contributed by atoms with Crippen LogP contribution in [0.4, 0.5) is 0 Å². The summed E-state index contributed by atoms with van der Waals surface area (Å²) >= 11 is 5.95. The molecule has 0 saturated heterocycles. The van der Waals surface area contributed by atoms with Crippen LogP contribution in [-0.2, 0) is 4.74 Å². The Balaban J connectivity index is 1.83. The molecule has 0 radical (unpaired) electrons. The number of nitrogens with one attached hydrogen (secondary N) is 1. The van der Waals surface area contributed by atoms with Crippen molar-refractivity contribution in [3.63, 3.8) is 0 Å². The first-order valence-corrected chi connectivity index (χ1v) is 7.59. The largest absolute Gasteiger partial charge is 0.451 e. The van der Waals surface area contributed by atoms with Crippen molar-refractivity contribution >= 4 is 28.5 Å². The van der Waals surface area contributed by atoms with E-state index in [-0.39, 0.29) is 17.7 Å². The van der Waals surface area contributed by atoms with Gasteiger partial charge in [-0.15, -0.1) is 0 Å². The van der Waals surface area contributed by atoms with Gasteiger partial charge in [0.1, 0.15) is 5.58 Å². The highest BCUT2D eigenvalue weighted by molar-refractivity contribution is 6.31. The van der Waals surface area contributed by atoms with Crippen molar-refractivity contribution in [2.75, 3.05) is 13.7 Å². The van der Waals surface area contributed by atoms with E-state index in [0.29, 0.717) is 17.2 Å². The maximum Gasteiger partial charge on any atom is 0.287 e. The van der Waals surface area contributed by atoms with Crippen LogP contribution >= 0.6 is 11.6 Å². The van der Waals surface area contributed by atoms with E-state index < -0.39 is 0 Å². The monoisotopic (exact) mass is 329 g/mol. The number of fused-ring (bicyclic) bond motifs is 1. The summed E-state index contributed by atoms with van der Waals surface area (Å²) < 4.78 is 10.8. The molecule has 1 amide bonds. The predicted molar refractivity (Wildman–Crippen MR) is 89.7 cm³/mol. The first-order chi connectivity index (χ1) is 11.2. The zero-order chi connectivity index (χ0) is 16.2. The Morgan fingerprint density at radius 3 is 2.74 bits per heavy atom. The average Bonchev–Trinajstić information content (AvgIpc) is 2.98. The fourth-order valence-corrected chi connectivity index (χ4v) is 2.61. The summed E-state index contributed by atoms with van der Waals surface area (Å²) in [6.07, 6.45) is 0. The Kier molecular flexibility index (Phi) is 4.65. The normalized spacial score (nSPS) is 12.3. The van der Waals surface area contributed by atoms with Crippen molar-refractivity contribution in [2.24, 2.45) is 0 Å². The second-order valence-corrected chi connectivity index (χ2v) is 5.62. The molecular weight excluding hydrogens is 314 g/mol. The summed E-state index contributed by atoms with van der Waals surface area (Å²) in [5.41, 5.74) is 1.60. The molecule has 1 heterocycles. The molecule has 0 aliphatic heterocycles. The molecule has 0 fully saturated rings. The molecule has 2 aromatic carbocycles. The number of benzene rings is 2. The van der Waals surface area contributed by atoms with Crippen LogP contribution in [0.15, 0.2) is 59.0 Å². The summed E-state index contributed by atoms with van der Waals surface area (Å²) in [4.78, 5) is 12.5. The Labute approximate surface area is 139 Å². The summed E-state index contributed by atoms with van der Waals surface area (Å²) in [5.74, 6) is -0.0393. The van der Waals surface area contributed by atoms with Crippen LogP contribution in [0.5, 0.6) is 0 Å². The molecule has 0 aliphatic rings. The fourth-order valence-electron chi connectivity index (χ4n) is 2.43. The zero-order valence-corrected chi connectivity index (χ0v) is 13.3. The van der Waals surface area contributed by atoms with Gasteiger partial charge in [0.2, 0.25) is 0 Å². The third kappa shape index (κ3) is 3.55. The molecule has 0 bridgehead atoms. The van der Waals surface area contributed by atoms with Gasteiger partial charge in [-0.3, -0.25) is 4.79 Å². The smallest absolute Gasteiger partial charge is 0.287 e. The van der Waals surface area contributed by atoms with Crippen LogP contribution in [0, 0.1) is 0 Å². The van der Waals surface area contributed by atoms with Gasteiger partial charge < -0.3 is 14.5 Å². The van der Waals surface area contributed by atoms with Crippen molar-refractivity contribution in [3.8, 4) is 0 Å². The van der Waals surface area contributed by atoms with Gasteiger partial charge in [-0.25, -0.2) is 0 Å². The third-order valence-corrected chi connectivity index (χ3v) is 3.78. The minimum absolute atomic E-state index is 0.245. The maximum atomic E-state index is 12.5. The number of methoxy groups -OCH3 is 1. The van der Waals surface area contributed by atoms with Gasteiger partial charge in [-0.2, -0.15) is 0 Å². The van der Waals surface area contributed by atoms with Crippen molar-refractivity contribution in [1.29, 1.82) is 0 Å². The number of halogens is 1. The molecule has 23 heavy (non-hydrogen) atoms. The molecule has 0 saturated carbocycles. The van der Waals surface area contributed by atoms with Gasteiger partial charge in [-0.05, 0) is 29.8 Å². The van der Waals surface area contributed by atoms with Crippen LogP contribution in [0.25, 0.3) is 11.0 Å². The summed E-state index contributed by atoms with van der Waals surface area (Å²) in [6, 6.07) is 16.4. The van der Waals surface area contributed by atoms with Crippen LogP contribution < -0.4 is 5.32 Å². The molecule has 1 N–H and O–H groups in total. The van der Waals surface area contributed by atoms with Crippen molar-refractivity contribution in [2.45, 2.75) is 6.04 Å². The lowest BCUT2D eigenvalue weighted by molar-refractivity contribution is 0.0871. The quantitative estimate of drug-likeness (QED) is 0.763. The number of amides is 1. The fraction of sp³-hybridized carbons (Fsp3) is 0.167. The predicted octanol–water partition coefficient (Wildman–Crippen LogP) is 4.20. The second-order valence-electron chi connectivity index (χ2n) is 5.18. The molecule has 3 aromatic rings. The third-order valence-electron chi connectivity index (χ3n) is 3.54. The van der Waals surface area contributed by atoms with E-state index in [1.807, 2.05) is 30.3 Å². The Hall–Kier alpha value is -2.30. The molecule has 0 unspecified atom stereocenters. The molecule has 5 heteroatoms. The van der Waals surface area contributed by atoms with Gasteiger partial charge in [0, 0.05) is 17.5 Å². The van der Waals surface area contributed by atoms with Crippen LogP contribution in [0.3, 0.4) is 0 Å². The minimum Gasteiger partial charge on any atom is -0.451 e. The average molecular weight is 330 g/mol. The highest BCUT2D eigenvalue weighted by Gasteiger charge is 2.18. The number of hydrogen-bond acceptors (Lipinski definition) is 3. The van der Waals surface area contributed by atoms with Crippen molar-refractivity contribution < 1.29 is 13.9 Å². The number of carbonyl (C=O) groups excluding carboxylic acids is 1. The number of carbonyl (C=O) groups is 1. The summed E-state index contributed by atoms with van der Waals surface area (Å²) in [5, 5.41) is 4.34. The highest BCUT2D eigenvalue weighted by Crippen LogP contribution is 2.23. The lowest BCUT2D eigenvalue weighted by Gasteiger charge is -2.17. The van der Waals surface area contributed by atoms with Crippen molar-refractivity contribution in [1.82, 2.24) is 5.32 Å². The summed E-state index contributed by atoms with van der Waals surface area (Å²) in [6.45, 7) is 0.377. The zero-order valence-electron chi connectivity index (χ0n) is 12.6. The van der Waals surface area contributed by atoms with Crippen LogP contribution in [0.2, 0.25) is 5.02 Å². The van der Waals surface area contributed by atoms with E-state index in [9.17, 15) is 4.79 Å². The van der Waals surface area contributed by atoms with Gasteiger partial charge >= 0.3 is 0 Å². The van der Waals surface area contributed by atoms with Gasteiger partial charge in [0.05, 0.1) is 12.6 Å². The first-order valence-electron chi connectivity index (χ1n) is 7.21. The molecule has 118 valence electrons. The standard InChI is InChI=1S/C18H16ClNO3/c1-22-11-15(12-5-3-2-4-6-12)20-18(21)17-10-13-9-14(19)7-8-16(13)23-17/h2-10,15H,11H2,1H3,(H,20,21)/t15-/m1/s1. The van der Waals surface area contributed by atoms with E-state index >= 15 is 0 Å². The first kappa shape index (κ1) is 15.6. The Bertz CT molecular complexity index is 814. The van der Waals surface area contributed by atoms with Gasteiger partial charge in [-0.1, -0.05) is 41.9 Å². The maximum absolute atomic E-state index is 12.5. The second kappa shape index (κ2) is 6.86. The van der Waals surface area contributed by atoms with Crippen LogP contribution in [0.1, 0.15) is 22.2 Å². The number of ether oxygens (including phenoxy) is 1. The lowest BCUT2D eigenvalue weighted by atomic mass is 10.1. The number of furan rings is 1. The molecule has 1 aromatic heterocycles. The van der Waals surface area contributed by atoms with Gasteiger partial charge in [0.15, 0.2) is 5.76 Å². The molecule has 0 aliphatic carbocycles. The molecule has 0 spiro atoms. The lowest BCUT2D eigenvalue weighted by Crippen LogP contribution is -2.31. The molecular formula is C18H16ClNO3. The van der Waals surface area contributed by atoms with Crippen LogP contribution in [-0.4, -0.2) is 19.6 Å². The molecule has 4 nitrogen and oxygen atoms in total. The van der Waals surface area contributed by atoms with E-state index in [0.717, 1.165) is 10.9 Å².